The van der Waals surface area contributed by atoms with Gasteiger partial charge in [-0.05, 0) is 43.6 Å². The van der Waals surface area contributed by atoms with Gasteiger partial charge in [0.1, 0.15) is 0 Å². The highest BCUT2D eigenvalue weighted by molar-refractivity contribution is 9.09. The maximum atomic E-state index is 11.9. The highest BCUT2D eigenvalue weighted by Gasteiger charge is 2.41. The first-order valence-corrected chi connectivity index (χ1v) is 8.14. The summed E-state index contributed by atoms with van der Waals surface area (Å²) >= 11 is 3.49. The highest BCUT2D eigenvalue weighted by Crippen LogP contribution is 2.48. The molecule has 1 aromatic carbocycles. The Hall–Kier alpha value is -0.830. The Bertz CT molecular complexity index is 440. The first kappa shape index (κ1) is 14.6. The summed E-state index contributed by atoms with van der Waals surface area (Å²) < 4.78 is 0. The lowest BCUT2D eigenvalue weighted by Crippen LogP contribution is -2.30. The van der Waals surface area contributed by atoms with Crippen molar-refractivity contribution >= 4 is 21.8 Å². The summed E-state index contributed by atoms with van der Waals surface area (Å²) in [5.41, 5.74) is 2.91. The molecule has 0 bridgehead atoms. The molecule has 0 heterocycles. The number of amides is 1. The third kappa shape index (κ3) is 4.64. The van der Waals surface area contributed by atoms with E-state index in [-0.39, 0.29) is 5.91 Å². The van der Waals surface area contributed by atoms with Gasteiger partial charge in [0.05, 0.1) is 0 Å². The minimum absolute atomic E-state index is 0.183. The smallest absolute Gasteiger partial charge is 0.220 e. The molecule has 0 aliphatic heterocycles. The maximum absolute atomic E-state index is 11.9. The second kappa shape index (κ2) is 6.56. The first-order chi connectivity index (χ1) is 9.13. The summed E-state index contributed by atoms with van der Waals surface area (Å²) in [6, 6.07) is 8.38. The molecule has 0 saturated heterocycles. The molecular formula is C16H22BrNO. The topological polar surface area (TPSA) is 29.1 Å². The number of carbonyl (C=O) groups excluding carboxylic acids is 1. The molecule has 2 nitrogen and oxygen atoms in total. The molecule has 1 aromatic rings. The lowest BCUT2D eigenvalue weighted by molar-refractivity contribution is -0.121. The number of aryl methyl sites for hydroxylation is 2. The Balaban J connectivity index is 1.70. The van der Waals surface area contributed by atoms with Crippen molar-refractivity contribution in [2.45, 2.75) is 39.0 Å². The Morgan fingerprint density at radius 2 is 2.21 bits per heavy atom. The Morgan fingerprint density at radius 3 is 2.84 bits per heavy atom. The van der Waals surface area contributed by atoms with Gasteiger partial charge >= 0.3 is 0 Å². The van der Waals surface area contributed by atoms with E-state index in [0.29, 0.717) is 11.8 Å². The Kier molecular flexibility index (Phi) is 5.03. The van der Waals surface area contributed by atoms with Crippen molar-refractivity contribution in [1.82, 2.24) is 5.32 Å². The Morgan fingerprint density at radius 1 is 1.42 bits per heavy atom. The van der Waals surface area contributed by atoms with Gasteiger partial charge in [-0.1, -0.05) is 45.8 Å². The minimum atomic E-state index is 0.183. The van der Waals surface area contributed by atoms with Crippen LogP contribution >= 0.6 is 15.9 Å². The monoisotopic (exact) mass is 323 g/mol. The van der Waals surface area contributed by atoms with E-state index in [0.717, 1.165) is 18.3 Å². The molecule has 2 rings (SSSR count). The zero-order chi connectivity index (χ0) is 13.7. The van der Waals surface area contributed by atoms with Crippen molar-refractivity contribution in [3.63, 3.8) is 0 Å². The first-order valence-electron chi connectivity index (χ1n) is 7.02. The molecule has 0 radical (unpaired) electrons. The highest BCUT2D eigenvalue weighted by atomic mass is 79.9. The molecule has 1 amide bonds. The molecule has 0 unspecified atom stereocenters. The van der Waals surface area contributed by atoms with Crippen LogP contribution in [0.4, 0.5) is 0 Å². The van der Waals surface area contributed by atoms with Gasteiger partial charge in [-0.25, -0.2) is 0 Å². The standard InChI is InChI=1S/C16H22BrNO/c1-13-3-2-4-14(11-13)5-6-15(19)18-12-16(7-8-16)9-10-17/h2-4,11H,5-10,12H2,1H3,(H,18,19). The van der Waals surface area contributed by atoms with Crippen LogP contribution in [0, 0.1) is 12.3 Å². The minimum Gasteiger partial charge on any atom is -0.356 e. The SMILES string of the molecule is Cc1cccc(CCC(=O)NCC2(CCBr)CC2)c1. The summed E-state index contributed by atoms with van der Waals surface area (Å²) in [5, 5.41) is 4.13. The van der Waals surface area contributed by atoms with Crippen molar-refractivity contribution in [2.75, 3.05) is 11.9 Å². The summed E-state index contributed by atoms with van der Waals surface area (Å²) in [6.45, 7) is 2.94. The third-order valence-corrected chi connectivity index (χ3v) is 4.36. The van der Waals surface area contributed by atoms with Crippen molar-refractivity contribution in [1.29, 1.82) is 0 Å². The number of alkyl halides is 1. The van der Waals surface area contributed by atoms with Gasteiger partial charge in [0, 0.05) is 18.3 Å². The van der Waals surface area contributed by atoms with Crippen molar-refractivity contribution < 1.29 is 4.79 Å². The summed E-state index contributed by atoms with van der Waals surface area (Å²) in [7, 11) is 0. The molecule has 104 valence electrons. The van der Waals surface area contributed by atoms with E-state index >= 15 is 0 Å². The van der Waals surface area contributed by atoms with Gasteiger partial charge in [-0.15, -0.1) is 0 Å². The predicted molar refractivity (Wildman–Crippen MR) is 82.6 cm³/mol. The molecule has 19 heavy (non-hydrogen) atoms. The van der Waals surface area contributed by atoms with Crippen LogP contribution in [0.1, 0.15) is 36.8 Å². The molecule has 0 aromatic heterocycles. The van der Waals surface area contributed by atoms with Crippen LogP contribution < -0.4 is 5.32 Å². The van der Waals surface area contributed by atoms with Crippen LogP contribution in [0.15, 0.2) is 24.3 Å². The van der Waals surface area contributed by atoms with Crippen LogP contribution in [-0.2, 0) is 11.2 Å². The van der Waals surface area contributed by atoms with Crippen molar-refractivity contribution in [2.24, 2.45) is 5.41 Å². The van der Waals surface area contributed by atoms with E-state index in [1.54, 1.807) is 0 Å². The quantitative estimate of drug-likeness (QED) is 0.763. The molecule has 1 aliphatic carbocycles. The van der Waals surface area contributed by atoms with Gasteiger partial charge in [-0.3, -0.25) is 4.79 Å². The molecule has 1 fully saturated rings. The molecular weight excluding hydrogens is 302 g/mol. The van der Waals surface area contributed by atoms with Gasteiger partial charge in [0.15, 0.2) is 0 Å². The van der Waals surface area contributed by atoms with E-state index in [9.17, 15) is 4.79 Å². The van der Waals surface area contributed by atoms with Crippen molar-refractivity contribution in [3.8, 4) is 0 Å². The van der Waals surface area contributed by atoms with E-state index in [1.165, 1.54) is 30.4 Å². The van der Waals surface area contributed by atoms with Crippen LogP contribution in [0.25, 0.3) is 0 Å². The number of benzene rings is 1. The molecule has 3 heteroatoms. The zero-order valence-electron chi connectivity index (χ0n) is 11.5. The lowest BCUT2D eigenvalue weighted by atomic mass is 10.0. The Labute approximate surface area is 124 Å². The number of hydrogen-bond acceptors (Lipinski definition) is 1. The van der Waals surface area contributed by atoms with E-state index in [1.807, 2.05) is 0 Å². The van der Waals surface area contributed by atoms with Crippen LogP contribution in [0.5, 0.6) is 0 Å². The molecule has 1 saturated carbocycles. The fraction of sp³-hybridized carbons (Fsp3) is 0.562. The van der Waals surface area contributed by atoms with E-state index in [4.69, 9.17) is 0 Å². The van der Waals surface area contributed by atoms with Gasteiger partial charge in [0.2, 0.25) is 5.91 Å². The second-order valence-electron chi connectivity index (χ2n) is 5.70. The predicted octanol–water partition coefficient (Wildman–Crippen LogP) is 3.61. The number of carbonyl (C=O) groups is 1. The van der Waals surface area contributed by atoms with Crippen LogP contribution in [-0.4, -0.2) is 17.8 Å². The largest absolute Gasteiger partial charge is 0.356 e. The normalized spacial score (nSPS) is 16.1. The average molecular weight is 324 g/mol. The van der Waals surface area contributed by atoms with Gasteiger partial charge in [-0.2, -0.15) is 0 Å². The number of halogens is 1. The summed E-state index contributed by atoms with van der Waals surface area (Å²) in [6.07, 6.45) is 5.12. The van der Waals surface area contributed by atoms with Gasteiger partial charge in [0.25, 0.3) is 0 Å². The molecule has 0 atom stereocenters. The van der Waals surface area contributed by atoms with E-state index < -0.39 is 0 Å². The van der Waals surface area contributed by atoms with Crippen molar-refractivity contribution in [3.05, 3.63) is 35.4 Å². The summed E-state index contributed by atoms with van der Waals surface area (Å²) in [4.78, 5) is 11.9. The molecule has 1 aliphatic rings. The zero-order valence-corrected chi connectivity index (χ0v) is 13.1. The fourth-order valence-electron chi connectivity index (χ4n) is 2.39. The number of hydrogen-bond donors (Lipinski definition) is 1. The molecule has 1 N–H and O–H groups in total. The lowest BCUT2D eigenvalue weighted by Gasteiger charge is -2.14. The maximum Gasteiger partial charge on any atom is 0.220 e. The fourth-order valence-corrected chi connectivity index (χ4v) is 3.23. The molecule has 0 spiro atoms. The van der Waals surface area contributed by atoms with Crippen LogP contribution in [0.2, 0.25) is 0 Å². The number of nitrogens with one attached hydrogen (secondary N) is 1. The number of rotatable bonds is 7. The van der Waals surface area contributed by atoms with Gasteiger partial charge < -0.3 is 5.32 Å². The van der Waals surface area contributed by atoms with E-state index in [2.05, 4.69) is 52.4 Å². The third-order valence-electron chi connectivity index (χ3n) is 3.97. The summed E-state index contributed by atoms with van der Waals surface area (Å²) in [5.74, 6) is 0.183. The average Bonchev–Trinajstić information content (AvgIpc) is 3.15. The second-order valence-corrected chi connectivity index (χ2v) is 6.50. The van der Waals surface area contributed by atoms with Crippen LogP contribution in [0.3, 0.4) is 0 Å².